The van der Waals surface area contributed by atoms with Crippen LogP contribution in [0.2, 0.25) is 0 Å². The van der Waals surface area contributed by atoms with Crippen LogP contribution in [-0.2, 0) is 0 Å². The van der Waals surface area contributed by atoms with Crippen LogP contribution in [-0.4, -0.2) is 24.5 Å². The maximum Gasteiger partial charge on any atom is -0.00104 e. The lowest BCUT2D eigenvalue weighted by molar-refractivity contribution is 0.153. The normalized spacial score (nSPS) is 22.4. The van der Waals surface area contributed by atoms with Crippen molar-refractivity contribution < 1.29 is 0 Å². The summed E-state index contributed by atoms with van der Waals surface area (Å²) >= 11 is 0. The van der Waals surface area contributed by atoms with Crippen LogP contribution < -0.4 is 0 Å². The summed E-state index contributed by atoms with van der Waals surface area (Å²) < 4.78 is 0. The Bertz CT molecular complexity index is 255. The predicted molar refractivity (Wildman–Crippen MR) is 67.9 cm³/mol. The molecule has 15 heavy (non-hydrogen) atoms. The lowest BCUT2D eigenvalue weighted by Gasteiger charge is -2.40. The second kappa shape index (κ2) is 5.32. The molecule has 1 nitrogen and oxygen atoms in total. The van der Waals surface area contributed by atoms with Crippen molar-refractivity contribution in [3.05, 3.63) is 37.0 Å². The van der Waals surface area contributed by atoms with Gasteiger partial charge in [-0.05, 0) is 43.5 Å². The maximum atomic E-state index is 3.91. The summed E-state index contributed by atoms with van der Waals surface area (Å²) in [5.74, 6) is 0. The van der Waals surface area contributed by atoms with Crippen molar-refractivity contribution in [3.63, 3.8) is 0 Å². The van der Waals surface area contributed by atoms with Gasteiger partial charge in [0.2, 0.25) is 0 Å². The van der Waals surface area contributed by atoms with Crippen LogP contribution in [0.1, 0.15) is 26.7 Å². The largest absolute Gasteiger partial charge is 0.304 e. The van der Waals surface area contributed by atoms with Crippen LogP contribution in [0.4, 0.5) is 0 Å². The Morgan fingerprint density at radius 3 is 2.33 bits per heavy atom. The van der Waals surface area contributed by atoms with Crippen LogP contribution >= 0.6 is 0 Å². The Morgan fingerprint density at radius 1 is 1.33 bits per heavy atom. The van der Waals surface area contributed by atoms with Crippen molar-refractivity contribution in [2.75, 3.05) is 19.6 Å². The molecule has 0 aromatic carbocycles. The molecule has 1 heterocycles. The van der Waals surface area contributed by atoms with E-state index in [-0.39, 0.29) is 0 Å². The monoisotopic (exact) mass is 205 g/mol. The number of allylic oxidation sites excluding steroid dienone is 4. The van der Waals surface area contributed by atoms with E-state index in [1.165, 1.54) is 38.0 Å². The van der Waals surface area contributed by atoms with Gasteiger partial charge in [0, 0.05) is 0 Å². The summed E-state index contributed by atoms with van der Waals surface area (Å²) in [6.07, 6.45) is 8.42. The first-order valence-corrected chi connectivity index (χ1v) is 5.84. The summed E-state index contributed by atoms with van der Waals surface area (Å²) in [6.45, 7) is 15.8. The third kappa shape index (κ3) is 2.82. The fourth-order valence-corrected chi connectivity index (χ4v) is 2.29. The zero-order valence-electron chi connectivity index (χ0n) is 10.1. The molecule has 0 spiro atoms. The first-order chi connectivity index (χ1) is 7.16. The molecule has 0 radical (unpaired) electrons. The molecule has 1 saturated heterocycles. The molecule has 0 amide bonds. The van der Waals surface area contributed by atoms with E-state index < -0.39 is 0 Å². The van der Waals surface area contributed by atoms with E-state index in [0.717, 1.165) is 0 Å². The van der Waals surface area contributed by atoms with Gasteiger partial charge in [0.1, 0.15) is 0 Å². The summed E-state index contributed by atoms with van der Waals surface area (Å²) in [4.78, 5) is 2.51. The molecule has 1 heteroatoms. The highest BCUT2D eigenvalue weighted by molar-refractivity contribution is 5.28. The molecule has 1 fully saturated rings. The SMILES string of the molecule is C=C/C=C(\C=C)C1(C)CCN(CC)CC1. The molecule has 1 aliphatic heterocycles. The summed E-state index contributed by atoms with van der Waals surface area (Å²) in [6, 6.07) is 0. The highest BCUT2D eigenvalue weighted by Crippen LogP contribution is 2.38. The highest BCUT2D eigenvalue weighted by Gasteiger charge is 2.31. The summed E-state index contributed by atoms with van der Waals surface area (Å²) in [7, 11) is 0. The van der Waals surface area contributed by atoms with E-state index in [2.05, 4.69) is 38.0 Å². The van der Waals surface area contributed by atoms with Gasteiger partial charge in [0.25, 0.3) is 0 Å². The number of nitrogens with zero attached hydrogens (tertiary/aromatic N) is 1. The molecular formula is C14H23N. The molecule has 1 aliphatic rings. The van der Waals surface area contributed by atoms with Crippen molar-refractivity contribution in [3.8, 4) is 0 Å². The first-order valence-electron chi connectivity index (χ1n) is 5.84. The van der Waals surface area contributed by atoms with E-state index in [1.807, 2.05) is 12.2 Å². The van der Waals surface area contributed by atoms with Gasteiger partial charge in [-0.3, -0.25) is 0 Å². The van der Waals surface area contributed by atoms with Crippen LogP contribution in [0, 0.1) is 5.41 Å². The molecule has 0 aromatic rings. The van der Waals surface area contributed by atoms with Gasteiger partial charge in [-0.15, -0.1) is 0 Å². The highest BCUT2D eigenvalue weighted by atomic mass is 15.1. The predicted octanol–water partition coefficient (Wildman–Crippen LogP) is 3.41. The standard InChI is InChI=1S/C14H23N/c1-5-8-13(6-2)14(4)9-11-15(7-3)12-10-14/h5-6,8H,1-2,7,9-12H2,3-4H3/b13-8+. The molecule has 0 unspecified atom stereocenters. The Morgan fingerprint density at radius 2 is 1.93 bits per heavy atom. The Hall–Kier alpha value is -0.820. The molecule has 0 aliphatic carbocycles. The zero-order chi connectivity index (χ0) is 11.3. The Kier molecular flexibility index (Phi) is 4.34. The van der Waals surface area contributed by atoms with Crippen molar-refractivity contribution in [2.45, 2.75) is 26.7 Å². The summed E-state index contributed by atoms with van der Waals surface area (Å²) in [5, 5.41) is 0. The van der Waals surface area contributed by atoms with Crippen molar-refractivity contribution in [1.29, 1.82) is 0 Å². The number of likely N-dealkylation sites (tertiary alicyclic amines) is 1. The van der Waals surface area contributed by atoms with Gasteiger partial charge in [-0.25, -0.2) is 0 Å². The molecule has 0 aromatic heterocycles. The number of hydrogen-bond acceptors (Lipinski definition) is 1. The van der Waals surface area contributed by atoms with Gasteiger partial charge in [0.15, 0.2) is 0 Å². The Balaban J connectivity index is 2.72. The second-order valence-corrected chi connectivity index (χ2v) is 4.56. The molecule has 0 atom stereocenters. The maximum absolute atomic E-state index is 3.91. The second-order valence-electron chi connectivity index (χ2n) is 4.56. The quantitative estimate of drug-likeness (QED) is 0.636. The fraction of sp³-hybridized carbons (Fsp3) is 0.571. The molecule has 0 N–H and O–H groups in total. The zero-order valence-corrected chi connectivity index (χ0v) is 10.1. The minimum atomic E-state index is 0.307. The number of hydrogen-bond donors (Lipinski definition) is 0. The van der Waals surface area contributed by atoms with Gasteiger partial charge in [-0.1, -0.05) is 45.2 Å². The number of piperidine rings is 1. The van der Waals surface area contributed by atoms with Crippen molar-refractivity contribution >= 4 is 0 Å². The number of rotatable bonds is 4. The van der Waals surface area contributed by atoms with E-state index in [0.29, 0.717) is 5.41 Å². The van der Waals surface area contributed by atoms with Crippen molar-refractivity contribution in [1.82, 2.24) is 4.90 Å². The Labute approximate surface area is 94.2 Å². The molecule has 0 saturated carbocycles. The van der Waals surface area contributed by atoms with E-state index >= 15 is 0 Å². The third-order valence-corrected chi connectivity index (χ3v) is 3.62. The average Bonchev–Trinajstić information content (AvgIpc) is 2.27. The van der Waals surface area contributed by atoms with Crippen LogP contribution in [0.15, 0.2) is 37.0 Å². The molecular weight excluding hydrogens is 182 g/mol. The van der Waals surface area contributed by atoms with Crippen molar-refractivity contribution in [2.24, 2.45) is 5.41 Å². The topological polar surface area (TPSA) is 3.24 Å². The minimum absolute atomic E-state index is 0.307. The van der Waals surface area contributed by atoms with E-state index in [9.17, 15) is 0 Å². The van der Waals surface area contributed by atoms with Crippen LogP contribution in [0.3, 0.4) is 0 Å². The van der Waals surface area contributed by atoms with E-state index in [1.54, 1.807) is 0 Å². The van der Waals surface area contributed by atoms with Gasteiger partial charge >= 0.3 is 0 Å². The third-order valence-electron chi connectivity index (χ3n) is 3.62. The van der Waals surface area contributed by atoms with Crippen LogP contribution in [0.25, 0.3) is 0 Å². The lowest BCUT2D eigenvalue weighted by atomic mass is 9.74. The summed E-state index contributed by atoms with van der Waals surface area (Å²) in [5.41, 5.74) is 1.65. The first kappa shape index (κ1) is 12.3. The van der Waals surface area contributed by atoms with Gasteiger partial charge in [-0.2, -0.15) is 0 Å². The van der Waals surface area contributed by atoms with Gasteiger partial charge < -0.3 is 4.90 Å². The van der Waals surface area contributed by atoms with Crippen LogP contribution in [0.5, 0.6) is 0 Å². The van der Waals surface area contributed by atoms with E-state index in [4.69, 9.17) is 0 Å². The molecule has 0 bridgehead atoms. The minimum Gasteiger partial charge on any atom is -0.304 e. The lowest BCUT2D eigenvalue weighted by Crippen LogP contribution is -2.39. The smallest absolute Gasteiger partial charge is 0.00104 e. The molecule has 1 rings (SSSR count). The van der Waals surface area contributed by atoms with Gasteiger partial charge in [0.05, 0.1) is 0 Å². The molecule has 84 valence electrons. The average molecular weight is 205 g/mol. The fourth-order valence-electron chi connectivity index (χ4n) is 2.29.